The molecule has 1 aromatic carbocycles. The first-order chi connectivity index (χ1) is 7.88. The Morgan fingerprint density at radius 1 is 1.06 bits per heavy atom. The van der Waals surface area contributed by atoms with Gasteiger partial charge < -0.3 is 0 Å². The van der Waals surface area contributed by atoms with E-state index in [4.69, 9.17) is 0 Å². The molecule has 2 aromatic rings. The number of benzene rings is 1. The van der Waals surface area contributed by atoms with Crippen molar-refractivity contribution in [1.82, 2.24) is 9.97 Å². The second-order valence-electron chi connectivity index (χ2n) is 3.50. The lowest BCUT2D eigenvalue weighted by Crippen LogP contribution is -2.00. The lowest BCUT2D eigenvalue weighted by molar-refractivity contribution is 0.111. The molecule has 0 N–H and O–H groups in total. The first kappa shape index (κ1) is 10.5. The quantitative estimate of drug-likeness (QED) is 0.729. The van der Waals surface area contributed by atoms with Crippen LogP contribution in [0.5, 0.6) is 0 Å². The largest absolute Gasteiger partial charge is 0.296 e. The number of nitrogens with zero attached hydrogens (tertiary/aromatic N) is 2. The number of rotatable bonds is 4. The highest BCUT2D eigenvalue weighted by molar-refractivity contribution is 5.71. The number of aldehydes is 1. The van der Waals surface area contributed by atoms with Crippen molar-refractivity contribution in [3.63, 3.8) is 0 Å². The van der Waals surface area contributed by atoms with Crippen molar-refractivity contribution in [3.05, 3.63) is 59.7 Å². The van der Waals surface area contributed by atoms with Gasteiger partial charge in [0.15, 0.2) is 6.29 Å². The minimum atomic E-state index is 0.443. The molecule has 0 unspecified atom stereocenters. The van der Waals surface area contributed by atoms with Crippen LogP contribution in [0.3, 0.4) is 0 Å². The Bertz CT molecular complexity index is 468. The van der Waals surface area contributed by atoms with Gasteiger partial charge in [0, 0.05) is 12.6 Å². The molecule has 80 valence electrons. The third kappa shape index (κ3) is 2.73. The Balaban J connectivity index is 2.02. The van der Waals surface area contributed by atoms with Gasteiger partial charge >= 0.3 is 0 Å². The molecule has 16 heavy (non-hydrogen) atoms. The molecule has 0 amide bonds. The first-order valence-corrected chi connectivity index (χ1v) is 5.19. The molecule has 1 aromatic heterocycles. The predicted molar refractivity (Wildman–Crippen MR) is 61.3 cm³/mol. The van der Waals surface area contributed by atoms with Crippen LogP contribution in [0.2, 0.25) is 0 Å². The van der Waals surface area contributed by atoms with Crippen LogP contribution in [0.1, 0.15) is 21.9 Å². The molecule has 0 saturated carbocycles. The van der Waals surface area contributed by atoms with E-state index in [0.717, 1.165) is 19.1 Å². The van der Waals surface area contributed by atoms with Crippen LogP contribution in [0.15, 0.2) is 42.6 Å². The minimum absolute atomic E-state index is 0.443. The fourth-order valence-corrected chi connectivity index (χ4v) is 1.50. The van der Waals surface area contributed by atoms with E-state index in [1.165, 1.54) is 5.56 Å². The van der Waals surface area contributed by atoms with Gasteiger partial charge in [0.25, 0.3) is 0 Å². The summed E-state index contributed by atoms with van der Waals surface area (Å²) in [6.45, 7) is 0. The molecule has 0 fully saturated rings. The van der Waals surface area contributed by atoms with Gasteiger partial charge in [0.1, 0.15) is 11.5 Å². The number of aromatic nitrogens is 2. The van der Waals surface area contributed by atoms with Crippen molar-refractivity contribution in [1.29, 1.82) is 0 Å². The van der Waals surface area contributed by atoms with Crippen molar-refractivity contribution in [2.75, 3.05) is 0 Å². The predicted octanol–water partition coefficient (Wildman–Crippen LogP) is 2.07. The lowest BCUT2D eigenvalue weighted by atomic mass is 10.1. The topological polar surface area (TPSA) is 42.9 Å². The average Bonchev–Trinajstić information content (AvgIpc) is 2.38. The Kier molecular flexibility index (Phi) is 3.38. The first-order valence-electron chi connectivity index (χ1n) is 5.19. The van der Waals surface area contributed by atoms with Crippen LogP contribution in [-0.4, -0.2) is 16.3 Å². The summed E-state index contributed by atoms with van der Waals surface area (Å²) in [5, 5.41) is 0. The standard InChI is InChI=1S/C13H12N2O/c16-10-12-8-9-14-13(15-12)7-6-11-4-2-1-3-5-11/h1-5,8-10H,6-7H2. The number of carbonyl (C=O) groups is 1. The Hall–Kier alpha value is -2.03. The van der Waals surface area contributed by atoms with Gasteiger partial charge in [-0.3, -0.25) is 4.79 Å². The normalized spacial score (nSPS) is 10.0. The summed E-state index contributed by atoms with van der Waals surface area (Å²) in [7, 11) is 0. The number of carbonyl (C=O) groups excluding carboxylic acids is 1. The summed E-state index contributed by atoms with van der Waals surface area (Å²) in [6.07, 6.45) is 4.01. The average molecular weight is 212 g/mol. The van der Waals surface area contributed by atoms with E-state index < -0.39 is 0 Å². The minimum Gasteiger partial charge on any atom is -0.296 e. The highest BCUT2D eigenvalue weighted by atomic mass is 16.1. The maximum Gasteiger partial charge on any atom is 0.168 e. The van der Waals surface area contributed by atoms with Gasteiger partial charge in [-0.2, -0.15) is 0 Å². The van der Waals surface area contributed by atoms with Crippen LogP contribution in [0.25, 0.3) is 0 Å². The summed E-state index contributed by atoms with van der Waals surface area (Å²) in [4.78, 5) is 18.8. The van der Waals surface area contributed by atoms with E-state index in [1.54, 1.807) is 12.3 Å². The summed E-state index contributed by atoms with van der Waals surface area (Å²) in [5.74, 6) is 0.716. The van der Waals surface area contributed by atoms with Crippen molar-refractivity contribution in [2.45, 2.75) is 12.8 Å². The Labute approximate surface area is 94.2 Å². The van der Waals surface area contributed by atoms with Crippen LogP contribution < -0.4 is 0 Å². The third-order valence-corrected chi connectivity index (χ3v) is 2.33. The molecule has 0 aliphatic heterocycles. The van der Waals surface area contributed by atoms with Crippen LogP contribution in [-0.2, 0) is 12.8 Å². The lowest BCUT2D eigenvalue weighted by Gasteiger charge is -2.00. The van der Waals surface area contributed by atoms with Gasteiger partial charge in [0.2, 0.25) is 0 Å². The SMILES string of the molecule is O=Cc1ccnc(CCc2ccccc2)n1. The molecular formula is C13H12N2O. The zero-order valence-electron chi connectivity index (χ0n) is 8.84. The maximum atomic E-state index is 10.5. The van der Waals surface area contributed by atoms with E-state index in [-0.39, 0.29) is 0 Å². The fraction of sp³-hybridized carbons (Fsp3) is 0.154. The van der Waals surface area contributed by atoms with Crippen LogP contribution in [0.4, 0.5) is 0 Å². The monoisotopic (exact) mass is 212 g/mol. The molecule has 1 heterocycles. The fourth-order valence-electron chi connectivity index (χ4n) is 1.50. The summed E-state index contributed by atoms with van der Waals surface area (Å²) in [6, 6.07) is 11.8. The second kappa shape index (κ2) is 5.16. The molecule has 0 bridgehead atoms. The molecule has 0 atom stereocenters. The Morgan fingerprint density at radius 3 is 2.62 bits per heavy atom. The van der Waals surface area contributed by atoms with E-state index >= 15 is 0 Å². The van der Waals surface area contributed by atoms with Crippen molar-refractivity contribution < 1.29 is 4.79 Å². The van der Waals surface area contributed by atoms with Gasteiger partial charge in [-0.05, 0) is 18.1 Å². The summed E-state index contributed by atoms with van der Waals surface area (Å²) < 4.78 is 0. The molecule has 2 rings (SSSR count). The van der Waals surface area contributed by atoms with Gasteiger partial charge in [-0.25, -0.2) is 9.97 Å². The third-order valence-electron chi connectivity index (χ3n) is 2.33. The zero-order valence-corrected chi connectivity index (χ0v) is 8.84. The second-order valence-corrected chi connectivity index (χ2v) is 3.50. The van der Waals surface area contributed by atoms with E-state index in [9.17, 15) is 4.79 Å². The maximum absolute atomic E-state index is 10.5. The number of hydrogen-bond acceptors (Lipinski definition) is 3. The summed E-state index contributed by atoms with van der Waals surface area (Å²) >= 11 is 0. The van der Waals surface area contributed by atoms with Crippen LogP contribution >= 0.6 is 0 Å². The molecule has 0 radical (unpaired) electrons. The highest BCUT2D eigenvalue weighted by Crippen LogP contribution is 2.03. The van der Waals surface area contributed by atoms with E-state index in [1.807, 2.05) is 18.2 Å². The van der Waals surface area contributed by atoms with Crippen molar-refractivity contribution in [3.8, 4) is 0 Å². The molecule has 3 heteroatoms. The number of aryl methyl sites for hydroxylation is 2. The molecule has 3 nitrogen and oxygen atoms in total. The molecule has 0 spiro atoms. The molecular weight excluding hydrogens is 200 g/mol. The van der Waals surface area contributed by atoms with Gasteiger partial charge in [0.05, 0.1) is 0 Å². The molecule has 0 aliphatic carbocycles. The summed E-state index contributed by atoms with van der Waals surface area (Å²) in [5.41, 5.74) is 1.70. The smallest absolute Gasteiger partial charge is 0.168 e. The van der Waals surface area contributed by atoms with E-state index in [0.29, 0.717) is 11.5 Å². The molecule has 0 aliphatic rings. The van der Waals surface area contributed by atoms with E-state index in [2.05, 4.69) is 22.1 Å². The van der Waals surface area contributed by atoms with Crippen molar-refractivity contribution >= 4 is 6.29 Å². The van der Waals surface area contributed by atoms with Gasteiger partial charge in [-0.1, -0.05) is 30.3 Å². The zero-order chi connectivity index (χ0) is 11.2. The van der Waals surface area contributed by atoms with Gasteiger partial charge in [-0.15, -0.1) is 0 Å². The molecule has 0 saturated heterocycles. The highest BCUT2D eigenvalue weighted by Gasteiger charge is 1.99. The number of hydrogen-bond donors (Lipinski definition) is 0. The van der Waals surface area contributed by atoms with Crippen molar-refractivity contribution in [2.24, 2.45) is 0 Å². The van der Waals surface area contributed by atoms with Crippen LogP contribution in [0, 0.1) is 0 Å². The Morgan fingerprint density at radius 2 is 1.88 bits per heavy atom.